The predicted octanol–water partition coefficient (Wildman–Crippen LogP) is 4.15. The van der Waals surface area contributed by atoms with Gasteiger partial charge in [0.2, 0.25) is 5.91 Å². The molecule has 2 aromatic rings. The minimum absolute atomic E-state index is 0.322. The summed E-state index contributed by atoms with van der Waals surface area (Å²) in [6.45, 7) is 1.99. The fourth-order valence-corrected chi connectivity index (χ4v) is 4.57. The summed E-state index contributed by atoms with van der Waals surface area (Å²) in [6, 6.07) is 18.2. The molecule has 2 N–H and O–H groups in total. The third-order valence-corrected chi connectivity index (χ3v) is 6.01. The molecule has 0 bridgehead atoms. The Morgan fingerprint density at radius 1 is 1.22 bits per heavy atom. The van der Waals surface area contributed by atoms with Crippen molar-refractivity contribution >= 4 is 17.7 Å². The quantitative estimate of drug-likeness (QED) is 0.795. The molecular weight excluding hydrogens is 354 g/mol. The van der Waals surface area contributed by atoms with Crippen molar-refractivity contribution in [2.24, 2.45) is 5.73 Å². The molecule has 0 spiro atoms. The maximum absolute atomic E-state index is 12.1. The number of thioether (sulfide) groups is 1. The smallest absolute Gasteiger partial charge is 0.241 e. The van der Waals surface area contributed by atoms with Gasteiger partial charge < -0.3 is 10.6 Å². The van der Waals surface area contributed by atoms with E-state index in [1.807, 2.05) is 43.1 Å². The predicted molar refractivity (Wildman–Crippen MR) is 110 cm³/mol. The molecule has 3 rings (SSSR count). The number of amides is 1. The van der Waals surface area contributed by atoms with Crippen LogP contribution in [0.5, 0.6) is 0 Å². The highest BCUT2D eigenvalue weighted by atomic mass is 32.2. The lowest BCUT2D eigenvalue weighted by atomic mass is 9.86. The Kier molecular flexibility index (Phi) is 5.57. The van der Waals surface area contributed by atoms with E-state index in [0.29, 0.717) is 12.0 Å². The van der Waals surface area contributed by atoms with Crippen molar-refractivity contribution in [3.05, 3.63) is 65.4 Å². The summed E-state index contributed by atoms with van der Waals surface area (Å²) in [7, 11) is 1.84. The lowest BCUT2D eigenvalue weighted by Crippen LogP contribution is -2.42. The first kappa shape index (κ1) is 19.1. The first-order valence-electron chi connectivity index (χ1n) is 8.92. The minimum atomic E-state index is -0.529. The van der Waals surface area contributed by atoms with Crippen LogP contribution in [0.3, 0.4) is 0 Å². The lowest BCUT2D eigenvalue weighted by Gasteiger charge is -2.26. The first-order chi connectivity index (χ1) is 13.0. The third kappa shape index (κ3) is 3.33. The normalized spacial score (nSPS) is 19.3. The summed E-state index contributed by atoms with van der Waals surface area (Å²) in [5.41, 5.74) is 10.5. The second-order valence-electron chi connectivity index (χ2n) is 6.58. The van der Waals surface area contributed by atoms with Gasteiger partial charge in [0.15, 0.2) is 0 Å². The van der Waals surface area contributed by atoms with Gasteiger partial charge in [0, 0.05) is 17.6 Å². The van der Waals surface area contributed by atoms with Gasteiger partial charge in [0.25, 0.3) is 0 Å². The number of hydrogen-bond donors (Lipinski definition) is 1. The summed E-state index contributed by atoms with van der Waals surface area (Å²) in [4.78, 5) is 15.2. The molecule has 2 unspecified atom stereocenters. The molecule has 0 fully saturated rings. The van der Waals surface area contributed by atoms with Crippen LogP contribution in [0.15, 0.2) is 64.7 Å². The van der Waals surface area contributed by atoms with Crippen molar-refractivity contribution in [1.82, 2.24) is 4.90 Å². The molecule has 2 atom stereocenters. The van der Waals surface area contributed by atoms with E-state index in [-0.39, 0.29) is 5.92 Å². The number of rotatable bonds is 5. The molecule has 2 aromatic carbocycles. The van der Waals surface area contributed by atoms with Gasteiger partial charge in [0.1, 0.15) is 6.04 Å². The van der Waals surface area contributed by atoms with Gasteiger partial charge in [-0.25, -0.2) is 0 Å². The largest absolute Gasteiger partial charge is 0.368 e. The van der Waals surface area contributed by atoms with E-state index in [1.165, 1.54) is 10.5 Å². The Morgan fingerprint density at radius 2 is 1.89 bits per heavy atom. The van der Waals surface area contributed by atoms with Crippen LogP contribution in [0.25, 0.3) is 11.1 Å². The van der Waals surface area contributed by atoms with Gasteiger partial charge in [-0.3, -0.25) is 4.79 Å². The number of likely N-dealkylation sites (N-methyl/N-ethyl adjacent to an activating group) is 1. The number of nitrogens with two attached hydrogens (primary N) is 1. The van der Waals surface area contributed by atoms with Gasteiger partial charge in [-0.15, -0.1) is 11.8 Å². The summed E-state index contributed by atoms with van der Waals surface area (Å²) in [5, 5.41) is 9.73. The van der Waals surface area contributed by atoms with Gasteiger partial charge in [-0.05, 0) is 35.4 Å². The van der Waals surface area contributed by atoms with Gasteiger partial charge in [0.05, 0.1) is 17.6 Å². The average Bonchev–Trinajstić information content (AvgIpc) is 2.99. The first-order valence-corrected chi connectivity index (χ1v) is 10.1. The van der Waals surface area contributed by atoms with Gasteiger partial charge in [-0.2, -0.15) is 5.26 Å². The van der Waals surface area contributed by atoms with Crippen LogP contribution in [0.1, 0.15) is 24.8 Å². The van der Waals surface area contributed by atoms with Crippen molar-refractivity contribution in [2.75, 3.05) is 13.3 Å². The maximum atomic E-state index is 12.1. The van der Waals surface area contributed by atoms with E-state index >= 15 is 0 Å². The molecule has 0 radical (unpaired) electrons. The number of carbonyl (C=O) groups excluding carboxylic acids is 1. The van der Waals surface area contributed by atoms with E-state index in [1.54, 1.807) is 11.8 Å². The number of nitriles is 1. The molecule has 1 aliphatic rings. The summed E-state index contributed by atoms with van der Waals surface area (Å²) < 4.78 is 0. The van der Waals surface area contributed by atoms with E-state index in [2.05, 4.69) is 36.6 Å². The zero-order chi connectivity index (χ0) is 19.6. The minimum Gasteiger partial charge on any atom is -0.368 e. The Bertz CT molecular complexity index is 927. The number of primary amides is 1. The second kappa shape index (κ2) is 7.89. The van der Waals surface area contributed by atoms with Crippen molar-refractivity contribution in [1.29, 1.82) is 5.26 Å². The molecule has 0 saturated heterocycles. The third-order valence-electron chi connectivity index (χ3n) is 5.22. The van der Waals surface area contributed by atoms with Crippen LogP contribution >= 0.6 is 11.8 Å². The molecule has 1 aliphatic heterocycles. The number of carbonyl (C=O) groups is 1. The van der Waals surface area contributed by atoms with Crippen LogP contribution in [0, 0.1) is 11.3 Å². The van der Waals surface area contributed by atoms with Gasteiger partial charge in [-0.1, -0.05) is 49.4 Å². The zero-order valence-corrected chi connectivity index (χ0v) is 16.6. The Hall–Kier alpha value is -2.71. The maximum Gasteiger partial charge on any atom is 0.241 e. The fraction of sp³-hybridized carbons (Fsp3) is 0.273. The molecule has 1 amide bonds. The van der Waals surface area contributed by atoms with Crippen LogP contribution in [0.2, 0.25) is 0 Å². The Morgan fingerprint density at radius 3 is 2.44 bits per heavy atom. The standard InChI is InChI=1S/C22H23N3OS/c1-4-18-17(13-23)20(21(22(24)26)25(18)2)15-11-9-14(10-12-15)16-7-5-6-8-19(16)27-3/h5-12,20-21H,4H2,1-3H3,(H2,24,26). The molecule has 0 aliphatic carbocycles. The zero-order valence-electron chi connectivity index (χ0n) is 15.8. The monoisotopic (exact) mass is 377 g/mol. The molecule has 27 heavy (non-hydrogen) atoms. The molecule has 4 nitrogen and oxygen atoms in total. The number of hydrogen-bond acceptors (Lipinski definition) is 4. The van der Waals surface area contributed by atoms with Crippen LogP contribution in [-0.4, -0.2) is 30.2 Å². The Labute approximate surface area is 164 Å². The molecule has 138 valence electrons. The molecule has 0 aromatic heterocycles. The van der Waals surface area contributed by atoms with Crippen LogP contribution in [0.4, 0.5) is 0 Å². The number of nitrogens with zero attached hydrogens (tertiary/aromatic N) is 2. The van der Waals surface area contributed by atoms with Crippen LogP contribution in [-0.2, 0) is 4.79 Å². The highest BCUT2D eigenvalue weighted by molar-refractivity contribution is 7.98. The Balaban J connectivity index is 2.04. The fourth-order valence-electron chi connectivity index (χ4n) is 3.95. The highest BCUT2D eigenvalue weighted by Gasteiger charge is 2.42. The SMILES string of the molecule is CCC1=C(C#N)C(c2ccc(-c3ccccc3SC)cc2)C(C(N)=O)N1C. The van der Waals surface area contributed by atoms with Crippen LogP contribution < -0.4 is 5.73 Å². The van der Waals surface area contributed by atoms with Crippen molar-refractivity contribution < 1.29 is 4.79 Å². The van der Waals surface area contributed by atoms with Crippen molar-refractivity contribution in [3.8, 4) is 17.2 Å². The van der Waals surface area contributed by atoms with Crippen molar-refractivity contribution in [3.63, 3.8) is 0 Å². The summed E-state index contributed by atoms with van der Waals surface area (Å²) in [5.74, 6) is -0.729. The molecular formula is C22H23N3OS. The number of benzene rings is 2. The van der Waals surface area contributed by atoms with Crippen molar-refractivity contribution in [2.45, 2.75) is 30.2 Å². The molecule has 5 heteroatoms. The number of allylic oxidation sites excluding steroid dienone is 1. The lowest BCUT2D eigenvalue weighted by molar-refractivity contribution is -0.122. The van der Waals surface area contributed by atoms with E-state index in [4.69, 9.17) is 5.73 Å². The van der Waals surface area contributed by atoms with Gasteiger partial charge >= 0.3 is 0 Å². The topological polar surface area (TPSA) is 70.1 Å². The average molecular weight is 378 g/mol. The highest BCUT2D eigenvalue weighted by Crippen LogP contribution is 2.41. The van der Waals surface area contributed by atoms with E-state index < -0.39 is 11.9 Å². The summed E-state index contributed by atoms with van der Waals surface area (Å²) in [6.07, 6.45) is 2.76. The second-order valence-corrected chi connectivity index (χ2v) is 7.43. The van der Waals surface area contributed by atoms with E-state index in [0.717, 1.165) is 16.8 Å². The summed E-state index contributed by atoms with van der Waals surface area (Å²) >= 11 is 1.71. The van der Waals surface area contributed by atoms with E-state index in [9.17, 15) is 10.1 Å². The molecule has 1 heterocycles. The molecule has 0 saturated carbocycles.